The van der Waals surface area contributed by atoms with Gasteiger partial charge < -0.3 is 15.0 Å². The predicted octanol–water partition coefficient (Wildman–Crippen LogP) is 1.56. The number of rotatable bonds is 7. The Balaban J connectivity index is 1.86. The minimum Gasteiger partial charge on any atom is -0.383 e. The van der Waals surface area contributed by atoms with Crippen LogP contribution in [0.3, 0.4) is 0 Å². The van der Waals surface area contributed by atoms with Crippen LogP contribution in [0, 0.1) is 0 Å². The fourth-order valence-corrected chi connectivity index (χ4v) is 3.65. The molecule has 20 heavy (non-hydrogen) atoms. The Morgan fingerprint density at radius 1 is 1.20 bits per heavy atom. The highest BCUT2D eigenvalue weighted by Gasteiger charge is 2.25. The molecule has 1 N–H and O–H groups in total. The first-order valence-electron chi connectivity index (χ1n) is 8.52. The van der Waals surface area contributed by atoms with E-state index in [2.05, 4.69) is 22.0 Å². The maximum atomic E-state index is 5.33. The molecule has 0 aromatic heterocycles. The molecule has 2 saturated heterocycles. The molecule has 2 aliphatic rings. The molecule has 2 atom stereocenters. The number of nitrogens with one attached hydrogen (secondary N) is 1. The first-order valence-corrected chi connectivity index (χ1v) is 8.52. The molecule has 2 rings (SSSR count). The topological polar surface area (TPSA) is 27.7 Å². The lowest BCUT2D eigenvalue weighted by molar-refractivity contribution is 0.105. The van der Waals surface area contributed by atoms with Crippen LogP contribution in [0.1, 0.15) is 39.0 Å². The lowest BCUT2D eigenvalue weighted by atomic mass is 10.1. The van der Waals surface area contributed by atoms with Crippen LogP contribution in [0.4, 0.5) is 0 Å². The molecule has 4 heteroatoms. The quantitative estimate of drug-likeness (QED) is 0.767. The lowest BCUT2D eigenvalue weighted by Crippen LogP contribution is -2.45. The predicted molar refractivity (Wildman–Crippen MR) is 84.2 cm³/mol. The molecule has 2 aliphatic heterocycles. The van der Waals surface area contributed by atoms with E-state index in [1.165, 1.54) is 64.8 Å². The van der Waals surface area contributed by atoms with Gasteiger partial charge in [-0.1, -0.05) is 6.92 Å². The summed E-state index contributed by atoms with van der Waals surface area (Å²) < 4.78 is 5.33. The average Bonchev–Trinajstić information content (AvgIpc) is 2.86. The molecule has 0 radical (unpaired) electrons. The Morgan fingerprint density at radius 2 is 2.10 bits per heavy atom. The van der Waals surface area contributed by atoms with Crippen molar-refractivity contribution in [2.75, 3.05) is 53.0 Å². The third-order valence-corrected chi connectivity index (χ3v) is 4.95. The second-order valence-corrected chi connectivity index (χ2v) is 6.30. The third kappa shape index (κ3) is 4.99. The number of ether oxygens (including phenoxy) is 1. The van der Waals surface area contributed by atoms with E-state index in [0.717, 1.165) is 19.2 Å². The van der Waals surface area contributed by atoms with E-state index in [9.17, 15) is 0 Å². The highest BCUT2D eigenvalue weighted by Crippen LogP contribution is 2.18. The minimum absolute atomic E-state index is 0.706. The van der Waals surface area contributed by atoms with Crippen molar-refractivity contribution in [1.29, 1.82) is 0 Å². The molecule has 0 aromatic carbocycles. The molecule has 2 fully saturated rings. The number of likely N-dealkylation sites (tertiary alicyclic amines) is 1. The van der Waals surface area contributed by atoms with Crippen molar-refractivity contribution in [3.63, 3.8) is 0 Å². The lowest BCUT2D eigenvalue weighted by Gasteiger charge is -2.33. The van der Waals surface area contributed by atoms with Gasteiger partial charge >= 0.3 is 0 Å². The van der Waals surface area contributed by atoms with E-state index in [0.29, 0.717) is 6.04 Å². The molecule has 2 heterocycles. The van der Waals surface area contributed by atoms with Crippen molar-refractivity contribution in [3.05, 3.63) is 0 Å². The maximum Gasteiger partial charge on any atom is 0.0589 e. The standard InChI is InChI=1S/C16H33N3O/c1-3-18-10-5-7-16(8-11-18)19(12-13-20-2)14-15-6-4-9-17-15/h15-17H,3-14H2,1-2H3. The molecule has 4 nitrogen and oxygen atoms in total. The summed E-state index contributed by atoms with van der Waals surface area (Å²) >= 11 is 0. The second kappa shape index (κ2) is 8.98. The van der Waals surface area contributed by atoms with Crippen LogP contribution in [0.2, 0.25) is 0 Å². The molecule has 0 saturated carbocycles. The Kier molecular flexibility index (Phi) is 7.28. The molecule has 118 valence electrons. The van der Waals surface area contributed by atoms with Gasteiger partial charge in [-0.05, 0) is 58.3 Å². The van der Waals surface area contributed by atoms with Crippen LogP contribution < -0.4 is 5.32 Å². The van der Waals surface area contributed by atoms with Gasteiger partial charge in [-0.2, -0.15) is 0 Å². The van der Waals surface area contributed by atoms with Gasteiger partial charge in [0.25, 0.3) is 0 Å². The molecular weight excluding hydrogens is 250 g/mol. The fourth-order valence-electron chi connectivity index (χ4n) is 3.65. The summed E-state index contributed by atoms with van der Waals surface area (Å²) in [7, 11) is 1.82. The average molecular weight is 283 g/mol. The summed E-state index contributed by atoms with van der Waals surface area (Å²) in [6.07, 6.45) is 6.71. The van der Waals surface area contributed by atoms with E-state index >= 15 is 0 Å². The Bertz CT molecular complexity index is 256. The Morgan fingerprint density at radius 3 is 2.80 bits per heavy atom. The van der Waals surface area contributed by atoms with E-state index in [1.807, 2.05) is 7.11 Å². The van der Waals surface area contributed by atoms with Crippen LogP contribution in [0.5, 0.6) is 0 Å². The molecule has 0 aliphatic carbocycles. The summed E-state index contributed by atoms with van der Waals surface area (Å²) in [5, 5.41) is 3.65. The normalized spacial score (nSPS) is 28.9. The highest BCUT2D eigenvalue weighted by molar-refractivity contribution is 4.83. The zero-order valence-corrected chi connectivity index (χ0v) is 13.4. The van der Waals surface area contributed by atoms with Gasteiger partial charge in [0.15, 0.2) is 0 Å². The van der Waals surface area contributed by atoms with Gasteiger partial charge in [0, 0.05) is 32.3 Å². The summed E-state index contributed by atoms with van der Waals surface area (Å²) in [5.74, 6) is 0. The number of hydrogen-bond donors (Lipinski definition) is 1. The van der Waals surface area contributed by atoms with Crippen LogP contribution in [-0.4, -0.2) is 74.9 Å². The van der Waals surface area contributed by atoms with Gasteiger partial charge in [-0.3, -0.25) is 4.90 Å². The summed E-state index contributed by atoms with van der Waals surface area (Å²) in [5.41, 5.74) is 0. The SMILES string of the molecule is CCN1CCCC(N(CCOC)CC2CCCN2)CC1. The van der Waals surface area contributed by atoms with Gasteiger partial charge in [-0.15, -0.1) is 0 Å². The Hall–Kier alpha value is -0.160. The third-order valence-electron chi connectivity index (χ3n) is 4.95. The van der Waals surface area contributed by atoms with Crippen LogP contribution in [0.25, 0.3) is 0 Å². The van der Waals surface area contributed by atoms with Crippen molar-refractivity contribution >= 4 is 0 Å². The highest BCUT2D eigenvalue weighted by atomic mass is 16.5. The monoisotopic (exact) mass is 283 g/mol. The maximum absolute atomic E-state index is 5.33. The van der Waals surface area contributed by atoms with Crippen molar-refractivity contribution in [3.8, 4) is 0 Å². The zero-order chi connectivity index (χ0) is 14.2. The van der Waals surface area contributed by atoms with Gasteiger partial charge in [-0.25, -0.2) is 0 Å². The van der Waals surface area contributed by atoms with E-state index < -0.39 is 0 Å². The fraction of sp³-hybridized carbons (Fsp3) is 1.00. The molecule has 0 bridgehead atoms. The van der Waals surface area contributed by atoms with Crippen molar-refractivity contribution in [2.24, 2.45) is 0 Å². The van der Waals surface area contributed by atoms with Gasteiger partial charge in [0.1, 0.15) is 0 Å². The first-order chi connectivity index (χ1) is 9.83. The summed E-state index contributed by atoms with van der Waals surface area (Å²) in [4.78, 5) is 5.30. The van der Waals surface area contributed by atoms with E-state index in [1.54, 1.807) is 0 Å². The summed E-state index contributed by atoms with van der Waals surface area (Å²) in [6.45, 7) is 10.4. The molecule has 0 aromatic rings. The minimum atomic E-state index is 0.706. The van der Waals surface area contributed by atoms with Crippen molar-refractivity contribution < 1.29 is 4.74 Å². The molecule has 0 spiro atoms. The zero-order valence-electron chi connectivity index (χ0n) is 13.4. The number of hydrogen-bond acceptors (Lipinski definition) is 4. The van der Waals surface area contributed by atoms with Crippen molar-refractivity contribution in [1.82, 2.24) is 15.1 Å². The molecule has 2 unspecified atom stereocenters. The largest absolute Gasteiger partial charge is 0.383 e. The van der Waals surface area contributed by atoms with Crippen LogP contribution >= 0.6 is 0 Å². The molecule has 0 amide bonds. The van der Waals surface area contributed by atoms with Gasteiger partial charge in [0.05, 0.1) is 6.61 Å². The second-order valence-electron chi connectivity index (χ2n) is 6.30. The van der Waals surface area contributed by atoms with Gasteiger partial charge in [0.2, 0.25) is 0 Å². The van der Waals surface area contributed by atoms with Crippen LogP contribution in [0.15, 0.2) is 0 Å². The first kappa shape index (κ1) is 16.2. The summed E-state index contributed by atoms with van der Waals surface area (Å²) in [6, 6.07) is 1.46. The van der Waals surface area contributed by atoms with Crippen molar-refractivity contribution in [2.45, 2.75) is 51.1 Å². The Labute approximate surface area is 124 Å². The smallest absolute Gasteiger partial charge is 0.0589 e. The number of methoxy groups -OCH3 is 1. The molecular formula is C16H33N3O. The van der Waals surface area contributed by atoms with Crippen LogP contribution in [-0.2, 0) is 4.74 Å². The number of nitrogens with zero attached hydrogens (tertiary/aromatic N) is 2. The van der Waals surface area contributed by atoms with E-state index in [4.69, 9.17) is 4.74 Å². The van der Waals surface area contributed by atoms with E-state index in [-0.39, 0.29) is 0 Å².